The number of morpholine rings is 1. The maximum Gasteiger partial charge on any atom is 0.110 e. The minimum absolute atomic E-state index is 0.177. The minimum Gasteiger partial charge on any atom is -0.378 e. The number of benzene rings is 1. The second kappa shape index (κ2) is 6.99. The van der Waals surface area contributed by atoms with E-state index < -0.39 is 0 Å². The Hall–Kier alpha value is -1.78. The highest BCUT2D eigenvalue weighted by Gasteiger charge is 2.29. The Bertz CT molecular complexity index is 640. The summed E-state index contributed by atoms with van der Waals surface area (Å²) < 4.78 is 5.52. The molecule has 4 heteroatoms. The summed E-state index contributed by atoms with van der Waals surface area (Å²) in [6.07, 6.45) is 5.82. The zero-order chi connectivity index (χ0) is 17.2. The SMILES string of the molecule is CN(C)c1cccc(NC2=CC(C)(C)CC([NH+]3CCOCC3)=C2)c1. The Balaban J connectivity index is 1.81. The number of rotatable bonds is 4. The second-order valence-corrected chi connectivity index (χ2v) is 7.72. The third-order valence-corrected chi connectivity index (χ3v) is 4.72. The van der Waals surface area contributed by atoms with Gasteiger partial charge < -0.3 is 19.9 Å². The fraction of sp³-hybridized carbons (Fsp3) is 0.500. The molecule has 0 saturated carbocycles. The number of ether oxygens (including phenoxy) is 1. The van der Waals surface area contributed by atoms with Gasteiger partial charge in [-0.1, -0.05) is 26.0 Å². The van der Waals surface area contributed by atoms with Crippen LogP contribution in [0.1, 0.15) is 20.3 Å². The molecule has 0 spiro atoms. The molecule has 24 heavy (non-hydrogen) atoms. The van der Waals surface area contributed by atoms with E-state index >= 15 is 0 Å². The molecule has 130 valence electrons. The van der Waals surface area contributed by atoms with Gasteiger partial charge in [-0.3, -0.25) is 0 Å². The predicted molar refractivity (Wildman–Crippen MR) is 100 cm³/mol. The summed E-state index contributed by atoms with van der Waals surface area (Å²) in [4.78, 5) is 3.70. The number of allylic oxidation sites excluding steroid dienone is 3. The van der Waals surface area contributed by atoms with Crippen molar-refractivity contribution >= 4 is 11.4 Å². The van der Waals surface area contributed by atoms with Crippen molar-refractivity contribution in [2.75, 3.05) is 50.6 Å². The number of nitrogens with zero attached hydrogens (tertiary/aromatic N) is 1. The van der Waals surface area contributed by atoms with Crippen molar-refractivity contribution in [3.63, 3.8) is 0 Å². The van der Waals surface area contributed by atoms with E-state index in [9.17, 15) is 0 Å². The van der Waals surface area contributed by atoms with Crippen molar-refractivity contribution in [3.8, 4) is 0 Å². The lowest BCUT2D eigenvalue weighted by Gasteiger charge is -2.33. The Labute approximate surface area is 145 Å². The van der Waals surface area contributed by atoms with Crippen molar-refractivity contribution in [1.29, 1.82) is 0 Å². The van der Waals surface area contributed by atoms with E-state index in [2.05, 4.69) is 74.6 Å². The summed E-state index contributed by atoms with van der Waals surface area (Å²) >= 11 is 0. The van der Waals surface area contributed by atoms with Crippen LogP contribution in [0.3, 0.4) is 0 Å². The number of nitrogens with one attached hydrogen (secondary N) is 2. The van der Waals surface area contributed by atoms with Gasteiger partial charge in [0.1, 0.15) is 18.8 Å². The van der Waals surface area contributed by atoms with Gasteiger partial charge in [-0.2, -0.15) is 0 Å². The van der Waals surface area contributed by atoms with E-state index in [1.807, 2.05) is 0 Å². The van der Waals surface area contributed by atoms with Crippen molar-refractivity contribution in [3.05, 3.63) is 47.8 Å². The van der Waals surface area contributed by atoms with Gasteiger partial charge in [0.2, 0.25) is 0 Å². The van der Waals surface area contributed by atoms with Crippen LogP contribution in [-0.2, 0) is 4.74 Å². The number of quaternary nitrogens is 1. The van der Waals surface area contributed by atoms with Crippen LogP contribution >= 0.6 is 0 Å². The molecule has 1 aliphatic carbocycles. The smallest absolute Gasteiger partial charge is 0.110 e. The lowest BCUT2D eigenvalue weighted by molar-refractivity contribution is -0.871. The van der Waals surface area contributed by atoms with Crippen molar-refractivity contribution in [2.45, 2.75) is 20.3 Å². The van der Waals surface area contributed by atoms with Crippen molar-refractivity contribution in [1.82, 2.24) is 0 Å². The molecular formula is C20H30N3O+. The Morgan fingerprint density at radius 1 is 1.17 bits per heavy atom. The predicted octanol–water partition coefficient (Wildman–Crippen LogP) is 2.28. The van der Waals surface area contributed by atoms with Gasteiger partial charge in [0.25, 0.3) is 0 Å². The zero-order valence-electron chi connectivity index (χ0n) is 15.4. The summed E-state index contributed by atoms with van der Waals surface area (Å²) in [6, 6.07) is 8.55. The average molecular weight is 328 g/mol. The summed E-state index contributed by atoms with van der Waals surface area (Å²) in [7, 11) is 4.14. The molecule has 1 aliphatic heterocycles. The first-order chi connectivity index (χ1) is 11.4. The fourth-order valence-electron chi connectivity index (χ4n) is 3.51. The maximum absolute atomic E-state index is 5.52. The summed E-state index contributed by atoms with van der Waals surface area (Å²) in [5.41, 5.74) is 5.22. The molecule has 0 bridgehead atoms. The molecule has 1 aromatic rings. The number of anilines is 2. The lowest BCUT2D eigenvalue weighted by Crippen LogP contribution is -3.12. The molecule has 0 unspecified atom stereocenters. The summed E-state index contributed by atoms with van der Waals surface area (Å²) in [6.45, 7) is 8.52. The van der Waals surface area contributed by atoms with Crippen molar-refractivity contribution in [2.24, 2.45) is 5.41 Å². The van der Waals surface area contributed by atoms with Crippen molar-refractivity contribution < 1.29 is 9.64 Å². The highest BCUT2D eigenvalue weighted by atomic mass is 16.5. The monoisotopic (exact) mass is 328 g/mol. The van der Waals surface area contributed by atoms with Gasteiger partial charge in [-0.25, -0.2) is 0 Å². The third-order valence-electron chi connectivity index (χ3n) is 4.72. The second-order valence-electron chi connectivity index (χ2n) is 7.72. The van der Waals surface area contributed by atoms with Crippen LogP contribution in [0.5, 0.6) is 0 Å². The normalized spacial score (nSPS) is 21.0. The molecule has 2 aliphatic rings. The van der Waals surface area contributed by atoms with E-state index in [0.717, 1.165) is 38.4 Å². The first-order valence-electron chi connectivity index (χ1n) is 8.84. The molecule has 1 aromatic carbocycles. The highest BCUT2D eigenvalue weighted by molar-refractivity contribution is 5.60. The zero-order valence-corrected chi connectivity index (χ0v) is 15.4. The van der Waals surface area contributed by atoms with Crippen LogP contribution in [0, 0.1) is 5.41 Å². The maximum atomic E-state index is 5.52. The topological polar surface area (TPSA) is 28.9 Å². The molecule has 0 aromatic heterocycles. The van der Waals surface area contributed by atoms with Crippen LogP contribution in [0.25, 0.3) is 0 Å². The average Bonchev–Trinajstić information content (AvgIpc) is 2.54. The molecule has 0 radical (unpaired) electrons. The van der Waals surface area contributed by atoms with E-state index in [1.54, 1.807) is 4.90 Å². The van der Waals surface area contributed by atoms with Gasteiger partial charge in [0.15, 0.2) is 0 Å². The van der Waals surface area contributed by atoms with Gasteiger partial charge in [-0.05, 0) is 23.6 Å². The van der Waals surface area contributed by atoms with Gasteiger partial charge in [0.05, 0.1) is 13.2 Å². The Morgan fingerprint density at radius 2 is 1.92 bits per heavy atom. The fourth-order valence-corrected chi connectivity index (χ4v) is 3.51. The minimum atomic E-state index is 0.177. The van der Waals surface area contributed by atoms with Crippen LogP contribution < -0.4 is 15.1 Å². The van der Waals surface area contributed by atoms with Crippen LogP contribution in [0.4, 0.5) is 11.4 Å². The molecular weight excluding hydrogens is 298 g/mol. The highest BCUT2D eigenvalue weighted by Crippen LogP contribution is 2.32. The molecule has 0 amide bonds. The van der Waals surface area contributed by atoms with Gasteiger partial charge in [-0.15, -0.1) is 0 Å². The third kappa shape index (κ3) is 4.19. The van der Waals surface area contributed by atoms with Crippen LogP contribution in [-0.4, -0.2) is 40.4 Å². The van der Waals surface area contributed by atoms with E-state index in [4.69, 9.17) is 4.74 Å². The van der Waals surface area contributed by atoms with E-state index in [0.29, 0.717) is 0 Å². The Kier molecular flexibility index (Phi) is 4.97. The van der Waals surface area contributed by atoms with Crippen LogP contribution in [0.15, 0.2) is 47.8 Å². The van der Waals surface area contributed by atoms with E-state index in [-0.39, 0.29) is 5.41 Å². The number of hydrogen-bond acceptors (Lipinski definition) is 3. The summed E-state index contributed by atoms with van der Waals surface area (Å²) in [5, 5.41) is 3.61. The quantitative estimate of drug-likeness (QED) is 0.888. The molecule has 2 N–H and O–H groups in total. The van der Waals surface area contributed by atoms with Crippen LogP contribution in [0.2, 0.25) is 0 Å². The molecule has 1 fully saturated rings. The summed E-state index contributed by atoms with van der Waals surface area (Å²) in [5.74, 6) is 0. The molecule has 0 atom stereocenters. The lowest BCUT2D eigenvalue weighted by atomic mass is 9.82. The molecule has 4 nitrogen and oxygen atoms in total. The molecule has 1 saturated heterocycles. The standard InChI is InChI=1S/C20H29N3O/c1-20(2)14-17(13-19(15-20)23-8-10-24-11-9-23)21-16-6-5-7-18(12-16)22(3)4/h5-7,12-14,21H,8-11,15H2,1-4H3/p+1. The number of hydrogen-bond donors (Lipinski definition) is 2. The first-order valence-corrected chi connectivity index (χ1v) is 8.84. The Morgan fingerprint density at radius 3 is 2.62 bits per heavy atom. The van der Waals surface area contributed by atoms with Gasteiger partial charge >= 0.3 is 0 Å². The van der Waals surface area contributed by atoms with E-state index in [1.165, 1.54) is 17.1 Å². The largest absolute Gasteiger partial charge is 0.378 e. The van der Waals surface area contributed by atoms with Gasteiger partial charge in [0, 0.05) is 43.7 Å². The first kappa shape index (κ1) is 17.1. The molecule has 1 heterocycles. The molecule has 3 rings (SSSR count).